The maximum Gasteiger partial charge on any atom is 0.0731 e. The molecule has 5 saturated heterocycles. The topological polar surface area (TPSA) is 15.7 Å². The van der Waals surface area contributed by atoms with Crippen LogP contribution in [0.1, 0.15) is 59.8 Å². The third-order valence-corrected chi connectivity index (χ3v) is 5.50. The molecule has 0 amide bonds. The van der Waals surface area contributed by atoms with E-state index in [0.29, 0.717) is 18.2 Å². The molecule has 6 aliphatic rings. The quantitative estimate of drug-likeness (QED) is 0.738. The first kappa shape index (κ1) is 17.2. The van der Waals surface area contributed by atoms with E-state index < -0.39 is 0 Å². The summed E-state index contributed by atoms with van der Waals surface area (Å²) in [5, 5.41) is 0. The highest BCUT2D eigenvalue weighted by Gasteiger charge is 2.38. The number of ether oxygens (including phenoxy) is 1. The summed E-state index contributed by atoms with van der Waals surface area (Å²) in [7, 11) is 2.27. The standard InChI is InChI=1S/C8H15NO.C8H15N.C2H6/c1-6(2)9-4-7-3-8(5-9)10-7;1-9-6-7-2-4-8(9)5-3-7;1-2/h6-8H,3-5H2,1-2H3;7-8H,2-6H2,1H3;1-2H3. The van der Waals surface area contributed by atoms with E-state index in [4.69, 9.17) is 4.74 Å². The minimum Gasteiger partial charge on any atom is -0.372 e. The van der Waals surface area contributed by atoms with Crippen molar-refractivity contribution in [2.24, 2.45) is 5.92 Å². The predicted molar refractivity (Wildman–Crippen MR) is 89.7 cm³/mol. The Morgan fingerprint density at radius 3 is 1.67 bits per heavy atom. The normalized spacial score (nSPS) is 38.0. The summed E-state index contributed by atoms with van der Waals surface area (Å²) in [6.07, 6.45) is 8.41. The second kappa shape index (κ2) is 7.94. The van der Waals surface area contributed by atoms with E-state index in [9.17, 15) is 0 Å². The number of rotatable bonds is 1. The Labute approximate surface area is 132 Å². The van der Waals surface area contributed by atoms with Gasteiger partial charge in [-0.1, -0.05) is 13.8 Å². The summed E-state index contributed by atoms with van der Waals surface area (Å²) in [6.45, 7) is 12.2. The zero-order valence-electron chi connectivity index (χ0n) is 14.8. The van der Waals surface area contributed by atoms with Crippen molar-refractivity contribution >= 4 is 0 Å². The second-order valence-corrected chi connectivity index (χ2v) is 7.28. The van der Waals surface area contributed by atoms with Gasteiger partial charge in [0.15, 0.2) is 0 Å². The van der Waals surface area contributed by atoms with Crippen molar-refractivity contribution in [3.05, 3.63) is 0 Å². The van der Waals surface area contributed by atoms with Gasteiger partial charge >= 0.3 is 0 Å². The molecule has 0 spiro atoms. The summed E-state index contributed by atoms with van der Waals surface area (Å²) < 4.78 is 5.51. The molecule has 6 fully saturated rings. The van der Waals surface area contributed by atoms with Crippen LogP contribution in [0.4, 0.5) is 0 Å². The van der Waals surface area contributed by atoms with Gasteiger partial charge in [-0.15, -0.1) is 0 Å². The van der Waals surface area contributed by atoms with Gasteiger partial charge in [-0.2, -0.15) is 0 Å². The van der Waals surface area contributed by atoms with Crippen molar-refractivity contribution in [2.45, 2.75) is 84.1 Å². The van der Waals surface area contributed by atoms with E-state index in [1.165, 1.54) is 38.6 Å². The minimum atomic E-state index is 0.571. The first-order valence-corrected chi connectivity index (χ1v) is 9.21. The molecule has 2 atom stereocenters. The van der Waals surface area contributed by atoms with Gasteiger partial charge in [-0.3, -0.25) is 4.90 Å². The molecule has 2 unspecified atom stereocenters. The highest BCUT2D eigenvalue weighted by Crippen LogP contribution is 2.33. The molecular weight excluding hydrogens is 260 g/mol. The van der Waals surface area contributed by atoms with E-state index in [2.05, 4.69) is 30.7 Å². The summed E-state index contributed by atoms with van der Waals surface area (Å²) in [6, 6.07) is 1.66. The highest BCUT2D eigenvalue weighted by atomic mass is 16.5. The van der Waals surface area contributed by atoms with Crippen molar-refractivity contribution in [3.63, 3.8) is 0 Å². The van der Waals surface area contributed by atoms with E-state index in [1.807, 2.05) is 13.8 Å². The monoisotopic (exact) mass is 296 g/mol. The molecule has 21 heavy (non-hydrogen) atoms. The Bertz CT molecular complexity index is 284. The van der Waals surface area contributed by atoms with Gasteiger partial charge in [0.25, 0.3) is 0 Å². The van der Waals surface area contributed by atoms with Crippen molar-refractivity contribution in [1.29, 1.82) is 0 Å². The first-order chi connectivity index (χ1) is 10.1. The largest absolute Gasteiger partial charge is 0.372 e. The second-order valence-electron chi connectivity index (χ2n) is 7.28. The van der Waals surface area contributed by atoms with Gasteiger partial charge in [0.05, 0.1) is 12.2 Å². The summed E-state index contributed by atoms with van der Waals surface area (Å²) in [4.78, 5) is 5.04. The Hall–Kier alpha value is -0.120. The first-order valence-electron chi connectivity index (χ1n) is 9.21. The van der Waals surface area contributed by atoms with Gasteiger partial charge in [-0.25, -0.2) is 0 Å². The maximum atomic E-state index is 5.51. The average Bonchev–Trinajstić information content (AvgIpc) is 2.50. The predicted octanol–water partition coefficient (Wildman–Crippen LogP) is 3.38. The van der Waals surface area contributed by atoms with Crippen LogP contribution in [-0.4, -0.2) is 60.8 Å². The van der Waals surface area contributed by atoms with Crippen LogP contribution in [0.25, 0.3) is 0 Å². The molecule has 0 N–H and O–H groups in total. The van der Waals surface area contributed by atoms with Crippen LogP contribution in [0.2, 0.25) is 0 Å². The van der Waals surface area contributed by atoms with Crippen LogP contribution in [0.5, 0.6) is 0 Å². The molecule has 3 nitrogen and oxygen atoms in total. The lowest BCUT2D eigenvalue weighted by Gasteiger charge is -2.48. The van der Waals surface area contributed by atoms with E-state index in [1.54, 1.807) is 0 Å². The van der Waals surface area contributed by atoms with Crippen LogP contribution >= 0.6 is 0 Å². The third kappa shape index (κ3) is 4.43. The molecule has 5 aliphatic heterocycles. The van der Waals surface area contributed by atoms with E-state index in [-0.39, 0.29) is 0 Å². The third-order valence-electron chi connectivity index (χ3n) is 5.50. The number of hydrogen-bond donors (Lipinski definition) is 0. The molecule has 1 aliphatic carbocycles. The summed E-state index contributed by atoms with van der Waals surface area (Å²) >= 11 is 0. The van der Waals surface area contributed by atoms with Gasteiger partial charge in [0.2, 0.25) is 0 Å². The fourth-order valence-electron chi connectivity index (χ4n) is 4.13. The minimum absolute atomic E-state index is 0.571. The fraction of sp³-hybridized carbons (Fsp3) is 1.00. The van der Waals surface area contributed by atoms with E-state index in [0.717, 1.165) is 25.0 Å². The maximum absolute atomic E-state index is 5.51. The van der Waals surface area contributed by atoms with Crippen LogP contribution in [0, 0.1) is 5.92 Å². The van der Waals surface area contributed by atoms with Crippen LogP contribution < -0.4 is 0 Å². The number of piperidine rings is 3. The van der Waals surface area contributed by atoms with Crippen LogP contribution in [0.15, 0.2) is 0 Å². The molecule has 124 valence electrons. The summed E-state index contributed by atoms with van der Waals surface area (Å²) in [5.41, 5.74) is 0. The molecule has 0 aromatic carbocycles. The summed E-state index contributed by atoms with van der Waals surface area (Å²) in [5.74, 6) is 1.06. The van der Waals surface area contributed by atoms with Crippen molar-refractivity contribution in [1.82, 2.24) is 9.80 Å². The molecule has 4 bridgehead atoms. The van der Waals surface area contributed by atoms with Crippen molar-refractivity contribution in [3.8, 4) is 0 Å². The Morgan fingerprint density at radius 2 is 1.43 bits per heavy atom. The number of morpholine rings is 1. The van der Waals surface area contributed by atoms with Crippen molar-refractivity contribution < 1.29 is 4.74 Å². The number of fused-ring (bicyclic) bond motifs is 5. The van der Waals surface area contributed by atoms with Gasteiger partial charge < -0.3 is 9.64 Å². The van der Waals surface area contributed by atoms with E-state index >= 15 is 0 Å². The SMILES string of the molecule is CC.CC(C)N1CC2CC(C1)O2.CN1CC2CCC1CC2. The molecule has 0 radical (unpaired) electrons. The molecule has 5 heterocycles. The molecule has 0 aromatic rings. The lowest BCUT2D eigenvalue weighted by atomic mass is 9.80. The Balaban J connectivity index is 0.000000138. The molecule has 3 heteroatoms. The molecular formula is C18H36N2O. The number of nitrogens with zero attached hydrogens (tertiary/aromatic N) is 2. The molecule has 1 saturated carbocycles. The van der Waals surface area contributed by atoms with Crippen LogP contribution in [-0.2, 0) is 4.74 Å². The Morgan fingerprint density at radius 1 is 0.905 bits per heavy atom. The Kier molecular flexibility index (Phi) is 6.51. The average molecular weight is 296 g/mol. The fourth-order valence-corrected chi connectivity index (χ4v) is 4.13. The smallest absolute Gasteiger partial charge is 0.0731 e. The van der Waals surface area contributed by atoms with Gasteiger partial charge in [0.1, 0.15) is 0 Å². The zero-order chi connectivity index (χ0) is 15.4. The molecule has 6 rings (SSSR count). The zero-order valence-corrected chi connectivity index (χ0v) is 14.8. The molecule has 0 aromatic heterocycles. The van der Waals surface area contributed by atoms with Gasteiger partial charge in [-0.05, 0) is 52.5 Å². The van der Waals surface area contributed by atoms with Gasteiger partial charge in [0, 0.05) is 38.1 Å². The van der Waals surface area contributed by atoms with Crippen LogP contribution in [0.3, 0.4) is 0 Å². The lowest BCUT2D eigenvalue weighted by Crippen LogP contribution is -2.58. The number of hydrogen-bond acceptors (Lipinski definition) is 3. The lowest BCUT2D eigenvalue weighted by molar-refractivity contribution is -0.185. The van der Waals surface area contributed by atoms with Crippen molar-refractivity contribution in [2.75, 3.05) is 26.7 Å². The highest BCUT2D eigenvalue weighted by molar-refractivity contribution is 4.89.